The van der Waals surface area contributed by atoms with E-state index in [1.807, 2.05) is 30.3 Å². The molecule has 0 unspecified atom stereocenters. The van der Waals surface area contributed by atoms with Crippen molar-refractivity contribution >= 4 is 28.9 Å². The SMILES string of the molecule is CN1CCN(c2ccc(NC(=O)CC(=O)Nc3ccccc3C#N)cc2)CC1. The molecule has 28 heavy (non-hydrogen) atoms. The molecule has 0 bridgehead atoms. The summed E-state index contributed by atoms with van der Waals surface area (Å²) in [4.78, 5) is 28.8. The second-order valence-corrected chi connectivity index (χ2v) is 6.77. The van der Waals surface area contributed by atoms with E-state index in [2.05, 4.69) is 27.5 Å². The molecule has 0 spiro atoms. The minimum atomic E-state index is -0.464. The van der Waals surface area contributed by atoms with Crippen molar-refractivity contribution < 1.29 is 9.59 Å². The zero-order chi connectivity index (χ0) is 19.9. The molecule has 3 rings (SSSR count). The number of anilines is 3. The van der Waals surface area contributed by atoms with Gasteiger partial charge in [-0.15, -0.1) is 0 Å². The van der Waals surface area contributed by atoms with Crippen molar-refractivity contribution in [3.05, 3.63) is 54.1 Å². The largest absolute Gasteiger partial charge is 0.369 e. The number of nitrogens with zero attached hydrogens (tertiary/aromatic N) is 3. The highest BCUT2D eigenvalue weighted by atomic mass is 16.2. The number of nitriles is 1. The van der Waals surface area contributed by atoms with E-state index >= 15 is 0 Å². The summed E-state index contributed by atoms with van der Waals surface area (Å²) in [5.74, 6) is -0.867. The lowest BCUT2D eigenvalue weighted by molar-refractivity contribution is -0.123. The topological polar surface area (TPSA) is 88.5 Å². The van der Waals surface area contributed by atoms with Gasteiger partial charge in [0.15, 0.2) is 0 Å². The first-order chi connectivity index (χ1) is 13.5. The molecule has 2 aromatic rings. The predicted octanol–water partition coefficient (Wildman–Crippen LogP) is 2.28. The zero-order valence-corrected chi connectivity index (χ0v) is 15.8. The Balaban J connectivity index is 1.52. The van der Waals surface area contributed by atoms with Crippen LogP contribution in [0.3, 0.4) is 0 Å². The minimum Gasteiger partial charge on any atom is -0.369 e. The molecular weight excluding hydrogens is 354 g/mol. The summed E-state index contributed by atoms with van der Waals surface area (Å²) in [5.41, 5.74) is 2.53. The van der Waals surface area contributed by atoms with Gasteiger partial charge < -0.3 is 20.4 Å². The van der Waals surface area contributed by atoms with Crippen LogP contribution in [-0.4, -0.2) is 49.9 Å². The summed E-state index contributed by atoms with van der Waals surface area (Å²) in [7, 11) is 2.12. The number of piperazine rings is 1. The summed E-state index contributed by atoms with van der Waals surface area (Å²) in [6.45, 7) is 4.02. The Morgan fingerprint density at radius 1 is 0.964 bits per heavy atom. The molecule has 1 aliphatic heterocycles. The Labute approximate surface area is 164 Å². The molecule has 2 N–H and O–H groups in total. The second kappa shape index (κ2) is 9.02. The van der Waals surface area contributed by atoms with Crippen LogP contribution in [0.2, 0.25) is 0 Å². The lowest BCUT2D eigenvalue weighted by atomic mass is 10.2. The monoisotopic (exact) mass is 377 g/mol. The summed E-state index contributed by atoms with van der Waals surface area (Å²) in [5, 5.41) is 14.4. The summed E-state index contributed by atoms with van der Waals surface area (Å²) < 4.78 is 0. The van der Waals surface area contributed by atoms with Gasteiger partial charge in [-0.3, -0.25) is 9.59 Å². The summed E-state index contributed by atoms with van der Waals surface area (Å²) >= 11 is 0. The van der Waals surface area contributed by atoms with Crippen molar-refractivity contribution in [1.29, 1.82) is 5.26 Å². The number of hydrogen-bond acceptors (Lipinski definition) is 5. The average molecular weight is 377 g/mol. The maximum Gasteiger partial charge on any atom is 0.233 e. The van der Waals surface area contributed by atoms with Crippen molar-refractivity contribution in [2.24, 2.45) is 0 Å². The summed E-state index contributed by atoms with van der Waals surface area (Å²) in [6.07, 6.45) is -0.319. The molecule has 1 saturated heterocycles. The zero-order valence-electron chi connectivity index (χ0n) is 15.8. The first kappa shape index (κ1) is 19.4. The van der Waals surface area contributed by atoms with Gasteiger partial charge in [-0.1, -0.05) is 12.1 Å². The lowest BCUT2D eigenvalue weighted by Crippen LogP contribution is -2.44. The molecule has 0 saturated carbocycles. The van der Waals surface area contributed by atoms with E-state index in [1.54, 1.807) is 24.3 Å². The van der Waals surface area contributed by atoms with Gasteiger partial charge in [-0.25, -0.2) is 0 Å². The lowest BCUT2D eigenvalue weighted by Gasteiger charge is -2.34. The van der Waals surface area contributed by atoms with E-state index in [1.165, 1.54) is 0 Å². The Kier molecular flexibility index (Phi) is 6.25. The molecule has 1 aliphatic rings. The van der Waals surface area contributed by atoms with Gasteiger partial charge in [0.25, 0.3) is 0 Å². The number of benzene rings is 2. The highest BCUT2D eigenvalue weighted by molar-refractivity contribution is 6.08. The number of carbonyl (C=O) groups is 2. The van der Waals surface area contributed by atoms with E-state index in [9.17, 15) is 9.59 Å². The molecule has 144 valence electrons. The van der Waals surface area contributed by atoms with Crippen LogP contribution in [0.5, 0.6) is 0 Å². The third-order valence-corrected chi connectivity index (χ3v) is 4.66. The molecule has 2 amide bonds. The molecule has 1 fully saturated rings. The van der Waals surface area contributed by atoms with Crippen molar-refractivity contribution in [1.82, 2.24) is 4.90 Å². The van der Waals surface area contributed by atoms with Crippen LogP contribution in [0.15, 0.2) is 48.5 Å². The van der Waals surface area contributed by atoms with Gasteiger partial charge >= 0.3 is 0 Å². The Morgan fingerprint density at radius 2 is 1.61 bits per heavy atom. The van der Waals surface area contributed by atoms with Crippen LogP contribution in [0.25, 0.3) is 0 Å². The van der Waals surface area contributed by atoms with E-state index in [4.69, 9.17) is 5.26 Å². The van der Waals surface area contributed by atoms with Crippen LogP contribution in [0, 0.1) is 11.3 Å². The van der Waals surface area contributed by atoms with Crippen LogP contribution < -0.4 is 15.5 Å². The fourth-order valence-electron chi connectivity index (χ4n) is 3.06. The molecule has 7 nitrogen and oxygen atoms in total. The van der Waals surface area contributed by atoms with Crippen LogP contribution in [-0.2, 0) is 9.59 Å². The number of likely N-dealkylation sites (N-methyl/N-ethyl adjacent to an activating group) is 1. The maximum atomic E-state index is 12.1. The van der Waals surface area contributed by atoms with E-state index in [0.29, 0.717) is 16.9 Å². The minimum absolute atomic E-state index is 0.319. The number of amides is 2. The molecular formula is C21H23N5O2. The van der Waals surface area contributed by atoms with Crippen LogP contribution in [0.4, 0.5) is 17.1 Å². The number of carbonyl (C=O) groups excluding carboxylic acids is 2. The predicted molar refractivity (Wildman–Crippen MR) is 109 cm³/mol. The first-order valence-electron chi connectivity index (χ1n) is 9.17. The second-order valence-electron chi connectivity index (χ2n) is 6.77. The first-order valence-corrected chi connectivity index (χ1v) is 9.17. The average Bonchev–Trinajstić information content (AvgIpc) is 2.69. The molecule has 2 aromatic carbocycles. The smallest absolute Gasteiger partial charge is 0.233 e. The van der Waals surface area contributed by atoms with E-state index in [-0.39, 0.29) is 6.42 Å². The molecule has 0 aliphatic carbocycles. The molecule has 0 aromatic heterocycles. The molecule has 7 heteroatoms. The van der Waals surface area contributed by atoms with E-state index in [0.717, 1.165) is 31.9 Å². The number of rotatable bonds is 5. The standard InChI is InChI=1S/C21H23N5O2/c1-25-10-12-26(13-11-25)18-8-6-17(7-9-18)23-20(27)14-21(28)24-19-5-3-2-4-16(19)15-22/h2-9H,10-14H2,1H3,(H,23,27)(H,24,28). The fraction of sp³-hybridized carbons (Fsp3) is 0.286. The number of nitrogens with one attached hydrogen (secondary N) is 2. The van der Waals surface area contributed by atoms with Gasteiger partial charge in [0.05, 0.1) is 11.3 Å². The molecule has 1 heterocycles. The van der Waals surface area contributed by atoms with Crippen molar-refractivity contribution in [3.8, 4) is 6.07 Å². The highest BCUT2D eigenvalue weighted by Gasteiger charge is 2.15. The van der Waals surface area contributed by atoms with Gasteiger partial charge in [0.1, 0.15) is 12.5 Å². The highest BCUT2D eigenvalue weighted by Crippen LogP contribution is 2.19. The van der Waals surface area contributed by atoms with Crippen molar-refractivity contribution in [2.75, 3.05) is 48.8 Å². The normalized spacial score (nSPS) is 14.2. The van der Waals surface area contributed by atoms with Crippen molar-refractivity contribution in [3.63, 3.8) is 0 Å². The van der Waals surface area contributed by atoms with Gasteiger partial charge in [-0.2, -0.15) is 5.26 Å². The maximum absolute atomic E-state index is 12.1. The van der Waals surface area contributed by atoms with Crippen LogP contribution >= 0.6 is 0 Å². The van der Waals surface area contributed by atoms with Gasteiger partial charge in [0.2, 0.25) is 11.8 Å². The quantitative estimate of drug-likeness (QED) is 0.781. The Morgan fingerprint density at radius 3 is 2.29 bits per heavy atom. The van der Waals surface area contributed by atoms with Gasteiger partial charge in [-0.05, 0) is 43.4 Å². The Bertz CT molecular complexity index is 880. The number of hydrogen-bond donors (Lipinski definition) is 2. The van der Waals surface area contributed by atoms with Crippen LogP contribution in [0.1, 0.15) is 12.0 Å². The van der Waals surface area contributed by atoms with E-state index < -0.39 is 11.8 Å². The summed E-state index contributed by atoms with van der Waals surface area (Å²) in [6, 6.07) is 16.3. The fourth-order valence-corrected chi connectivity index (χ4v) is 3.06. The molecule has 0 radical (unpaired) electrons. The van der Waals surface area contributed by atoms with Crippen molar-refractivity contribution in [2.45, 2.75) is 6.42 Å². The third kappa shape index (κ3) is 5.09. The Hall–Kier alpha value is -3.37. The third-order valence-electron chi connectivity index (χ3n) is 4.66. The molecule has 0 atom stereocenters. The van der Waals surface area contributed by atoms with Gasteiger partial charge in [0, 0.05) is 37.6 Å². The number of para-hydroxylation sites is 1.